The van der Waals surface area contributed by atoms with Gasteiger partial charge < -0.3 is 16.0 Å². The minimum Gasteiger partial charge on any atom is -0.368 e. The van der Waals surface area contributed by atoms with Gasteiger partial charge in [-0.3, -0.25) is 4.57 Å². The molecule has 0 unspecified atom stereocenters. The van der Waals surface area contributed by atoms with Crippen LogP contribution in [0.2, 0.25) is 0 Å². The Morgan fingerprint density at radius 2 is 1.96 bits per heavy atom. The van der Waals surface area contributed by atoms with Crippen LogP contribution in [0.1, 0.15) is 23.9 Å². The molecule has 0 saturated carbocycles. The van der Waals surface area contributed by atoms with Crippen molar-refractivity contribution in [1.82, 2.24) is 24.8 Å². The molecule has 0 bridgehead atoms. The van der Waals surface area contributed by atoms with Crippen molar-refractivity contribution in [2.24, 2.45) is 0 Å². The van der Waals surface area contributed by atoms with Crippen LogP contribution in [0.5, 0.6) is 0 Å². The Labute approximate surface area is 164 Å². The van der Waals surface area contributed by atoms with Crippen LogP contribution in [-0.4, -0.2) is 38.6 Å². The first-order valence-corrected chi connectivity index (χ1v) is 9.27. The molecule has 1 aromatic carbocycles. The number of aromatic nitrogens is 4. The highest BCUT2D eigenvalue weighted by Crippen LogP contribution is 2.13. The van der Waals surface area contributed by atoms with Gasteiger partial charge in [-0.05, 0) is 38.0 Å². The van der Waals surface area contributed by atoms with Crippen molar-refractivity contribution in [2.75, 3.05) is 23.7 Å². The fraction of sp³-hybridized carbons (Fsp3) is 0.300. The number of anilines is 2. The maximum Gasteiger partial charge on any atom is 0.319 e. The molecule has 0 saturated heterocycles. The maximum absolute atomic E-state index is 12.0. The molecule has 28 heavy (non-hydrogen) atoms. The summed E-state index contributed by atoms with van der Waals surface area (Å²) in [5.41, 5.74) is 3.97. The van der Waals surface area contributed by atoms with E-state index in [1.165, 1.54) is 11.9 Å². The fourth-order valence-corrected chi connectivity index (χ4v) is 2.72. The van der Waals surface area contributed by atoms with Gasteiger partial charge >= 0.3 is 6.03 Å². The SMILES string of the molecule is CCc1cccc(NC(=O)NCCNc2cc(-n3cnc(C)c3C)ncn2)c1. The molecule has 146 valence electrons. The van der Waals surface area contributed by atoms with Crippen LogP contribution in [0.3, 0.4) is 0 Å². The second-order valence-corrected chi connectivity index (χ2v) is 6.41. The van der Waals surface area contributed by atoms with E-state index in [1.807, 2.05) is 48.7 Å². The zero-order chi connectivity index (χ0) is 19.9. The van der Waals surface area contributed by atoms with Crippen molar-refractivity contribution in [3.8, 4) is 5.82 Å². The summed E-state index contributed by atoms with van der Waals surface area (Å²) < 4.78 is 1.91. The zero-order valence-corrected chi connectivity index (χ0v) is 16.4. The third kappa shape index (κ3) is 4.85. The summed E-state index contributed by atoms with van der Waals surface area (Å²) in [5.74, 6) is 1.44. The van der Waals surface area contributed by atoms with Crippen LogP contribution >= 0.6 is 0 Å². The molecule has 8 heteroatoms. The first kappa shape index (κ1) is 19.3. The number of carbonyl (C=O) groups excluding carboxylic acids is 1. The van der Waals surface area contributed by atoms with Crippen LogP contribution in [0, 0.1) is 13.8 Å². The standard InChI is InChI=1S/C20H25N7O/c1-4-16-6-5-7-17(10-16)26-20(28)22-9-8-21-18-11-19(24-12-23-18)27-13-25-14(2)15(27)3/h5-7,10-13H,4,8-9H2,1-3H3,(H,21,23,24)(H2,22,26,28). The van der Waals surface area contributed by atoms with E-state index in [0.717, 1.165) is 29.3 Å². The summed E-state index contributed by atoms with van der Waals surface area (Å²) in [5, 5.41) is 8.86. The molecule has 0 spiro atoms. The zero-order valence-electron chi connectivity index (χ0n) is 16.4. The Morgan fingerprint density at radius 1 is 1.11 bits per heavy atom. The van der Waals surface area contributed by atoms with Gasteiger partial charge in [0, 0.05) is 30.5 Å². The molecule has 0 radical (unpaired) electrons. The smallest absolute Gasteiger partial charge is 0.319 e. The van der Waals surface area contributed by atoms with Crippen molar-refractivity contribution in [2.45, 2.75) is 27.2 Å². The third-order valence-electron chi connectivity index (χ3n) is 4.46. The summed E-state index contributed by atoms with van der Waals surface area (Å²) in [7, 11) is 0. The number of hydrogen-bond donors (Lipinski definition) is 3. The Kier molecular flexibility index (Phi) is 6.21. The molecular weight excluding hydrogens is 354 g/mol. The summed E-state index contributed by atoms with van der Waals surface area (Å²) in [6, 6.07) is 9.44. The number of urea groups is 1. The molecule has 0 aliphatic carbocycles. The van der Waals surface area contributed by atoms with Gasteiger partial charge in [-0.25, -0.2) is 19.7 Å². The average molecular weight is 379 g/mol. The summed E-state index contributed by atoms with van der Waals surface area (Å²) in [6.07, 6.45) is 4.18. The molecule has 0 fully saturated rings. The lowest BCUT2D eigenvalue weighted by atomic mass is 10.1. The average Bonchev–Trinajstić information content (AvgIpc) is 3.04. The quantitative estimate of drug-likeness (QED) is 0.548. The first-order chi connectivity index (χ1) is 13.6. The lowest BCUT2D eigenvalue weighted by molar-refractivity contribution is 0.252. The summed E-state index contributed by atoms with van der Waals surface area (Å²) >= 11 is 0. The summed E-state index contributed by atoms with van der Waals surface area (Å²) in [4.78, 5) is 24.8. The number of imidazole rings is 1. The third-order valence-corrected chi connectivity index (χ3v) is 4.46. The molecular formula is C20H25N7O. The van der Waals surface area contributed by atoms with Crippen LogP contribution in [0.15, 0.2) is 43.0 Å². The van der Waals surface area contributed by atoms with E-state index in [0.29, 0.717) is 18.9 Å². The second-order valence-electron chi connectivity index (χ2n) is 6.41. The monoisotopic (exact) mass is 379 g/mol. The van der Waals surface area contributed by atoms with Crippen LogP contribution in [0.4, 0.5) is 16.3 Å². The van der Waals surface area contributed by atoms with Crippen molar-refractivity contribution in [3.63, 3.8) is 0 Å². The minimum atomic E-state index is -0.233. The Hall–Kier alpha value is -3.42. The predicted molar refractivity (Wildman–Crippen MR) is 110 cm³/mol. The van der Waals surface area contributed by atoms with Gasteiger partial charge in [-0.2, -0.15) is 0 Å². The van der Waals surface area contributed by atoms with Crippen LogP contribution in [-0.2, 0) is 6.42 Å². The maximum atomic E-state index is 12.0. The normalized spacial score (nSPS) is 10.5. The molecule has 3 rings (SSSR count). The van der Waals surface area contributed by atoms with E-state index < -0.39 is 0 Å². The Bertz CT molecular complexity index is 951. The number of aryl methyl sites for hydroxylation is 2. The molecule has 0 atom stereocenters. The fourth-order valence-electron chi connectivity index (χ4n) is 2.72. The van der Waals surface area contributed by atoms with E-state index in [4.69, 9.17) is 0 Å². The van der Waals surface area contributed by atoms with E-state index >= 15 is 0 Å². The lowest BCUT2D eigenvalue weighted by Crippen LogP contribution is -2.32. The minimum absolute atomic E-state index is 0.233. The first-order valence-electron chi connectivity index (χ1n) is 9.27. The van der Waals surface area contributed by atoms with Crippen molar-refractivity contribution in [1.29, 1.82) is 0 Å². The number of nitrogens with one attached hydrogen (secondary N) is 3. The van der Waals surface area contributed by atoms with Crippen molar-refractivity contribution < 1.29 is 4.79 Å². The number of hydrogen-bond acceptors (Lipinski definition) is 5. The molecule has 0 aliphatic heterocycles. The highest BCUT2D eigenvalue weighted by Gasteiger charge is 2.07. The topological polar surface area (TPSA) is 96.8 Å². The van der Waals surface area contributed by atoms with Crippen molar-refractivity contribution >= 4 is 17.5 Å². The lowest BCUT2D eigenvalue weighted by Gasteiger charge is -2.10. The highest BCUT2D eigenvalue weighted by molar-refractivity contribution is 5.89. The van der Waals surface area contributed by atoms with Crippen LogP contribution in [0.25, 0.3) is 5.82 Å². The number of benzene rings is 1. The number of rotatable bonds is 7. The number of amides is 2. The van der Waals surface area contributed by atoms with Crippen molar-refractivity contribution in [3.05, 3.63) is 59.9 Å². The highest BCUT2D eigenvalue weighted by atomic mass is 16.2. The summed E-state index contributed by atoms with van der Waals surface area (Å²) in [6.45, 7) is 7.04. The van der Waals surface area contributed by atoms with Gasteiger partial charge in [0.05, 0.1) is 5.69 Å². The van der Waals surface area contributed by atoms with E-state index in [1.54, 1.807) is 6.33 Å². The molecule has 2 aromatic heterocycles. The largest absolute Gasteiger partial charge is 0.368 e. The van der Waals surface area contributed by atoms with Gasteiger partial charge in [0.15, 0.2) is 0 Å². The van der Waals surface area contributed by atoms with Crippen LogP contribution < -0.4 is 16.0 Å². The predicted octanol–water partition coefficient (Wildman–Crippen LogP) is 3.08. The molecule has 8 nitrogen and oxygen atoms in total. The second kappa shape index (κ2) is 8.98. The molecule has 0 aliphatic rings. The Balaban J connectivity index is 1.48. The van der Waals surface area contributed by atoms with Gasteiger partial charge in [0.1, 0.15) is 24.3 Å². The van der Waals surface area contributed by atoms with Gasteiger partial charge in [-0.15, -0.1) is 0 Å². The van der Waals surface area contributed by atoms with Gasteiger partial charge in [0.25, 0.3) is 0 Å². The molecule has 2 heterocycles. The van der Waals surface area contributed by atoms with Gasteiger partial charge in [0.2, 0.25) is 0 Å². The van der Waals surface area contributed by atoms with E-state index in [9.17, 15) is 4.79 Å². The molecule has 3 N–H and O–H groups in total. The number of carbonyl (C=O) groups is 1. The molecule has 2 amide bonds. The molecule has 3 aromatic rings. The van der Waals surface area contributed by atoms with E-state index in [2.05, 4.69) is 37.8 Å². The van der Waals surface area contributed by atoms with E-state index in [-0.39, 0.29) is 6.03 Å². The number of nitrogens with zero attached hydrogens (tertiary/aromatic N) is 4. The Morgan fingerprint density at radius 3 is 2.71 bits per heavy atom. The van der Waals surface area contributed by atoms with Gasteiger partial charge in [-0.1, -0.05) is 19.1 Å².